The largest absolute Gasteiger partial charge is 0.339 e. The zero-order chi connectivity index (χ0) is 17.8. The molecule has 1 N–H and O–H groups in total. The first-order valence-corrected chi connectivity index (χ1v) is 9.53. The van der Waals surface area contributed by atoms with Gasteiger partial charge in [0.05, 0.1) is 6.42 Å². The molecule has 3 heterocycles. The number of carbonyl (C=O) groups excluding carboxylic acids is 1. The van der Waals surface area contributed by atoms with Crippen LogP contribution in [0.1, 0.15) is 36.1 Å². The predicted octanol–water partition coefficient (Wildman–Crippen LogP) is 1.69. The van der Waals surface area contributed by atoms with E-state index in [1.807, 2.05) is 4.90 Å². The molecule has 1 unspecified atom stereocenters. The molecule has 3 rings (SSSR count). The minimum Gasteiger partial charge on any atom is -0.339 e. The summed E-state index contributed by atoms with van der Waals surface area (Å²) < 4.78 is 1.01. The SMILES string of the molecule is Cn1c(=O)[nH]cc(CC(=O)N2CCCCC2CCc2cccs2)c1=O. The van der Waals surface area contributed by atoms with Crippen LogP contribution in [0.25, 0.3) is 0 Å². The lowest BCUT2D eigenvalue weighted by Crippen LogP contribution is -2.45. The average Bonchev–Trinajstić information content (AvgIpc) is 3.14. The summed E-state index contributed by atoms with van der Waals surface area (Å²) in [6.07, 6.45) is 6.50. The molecular formula is C18H23N3O3S. The van der Waals surface area contributed by atoms with E-state index in [4.69, 9.17) is 0 Å². The molecular weight excluding hydrogens is 338 g/mol. The van der Waals surface area contributed by atoms with Crippen LogP contribution in [0, 0.1) is 0 Å². The van der Waals surface area contributed by atoms with Crippen molar-refractivity contribution in [3.05, 3.63) is 55.0 Å². The van der Waals surface area contributed by atoms with Crippen molar-refractivity contribution in [2.75, 3.05) is 6.54 Å². The Morgan fingerprint density at radius 2 is 2.20 bits per heavy atom. The first-order chi connectivity index (χ1) is 12.1. The monoisotopic (exact) mass is 361 g/mol. The predicted molar refractivity (Wildman–Crippen MR) is 98.0 cm³/mol. The Kier molecular flexibility index (Phi) is 5.53. The van der Waals surface area contributed by atoms with Gasteiger partial charge in [-0.25, -0.2) is 4.79 Å². The van der Waals surface area contributed by atoms with Crippen molar-refractivity contribution in [1.29, 1.82) is 0 Å². The maximum absolute atomic E-state index is 12.8. The molecule has 0 saturated carbocycles. The molecule has 1 amide bonds. The summed E-state index contributed by atoms with van der Waals surface area (Å²) in [5, 5.41) is 2.07. The highest BCUT2D eigenvalue weighted by Crippen LogP contribution is 2.23. The van der Waals surface area contributed by atoms with Crippen molar-refractivity contribution >= 4 is 17.2 Å². The third-order valence-corrected chi connectivity index (χ3v) is 5.78. The number of aryl methyl sites for hydroxylation is 1. The number of likely N-dealkylation sites (tertiary alicyclic amines) is 1. The number of aromatic amines is 1. The van der Waals surface area contributed by atoms with Crippen LogP contribution < -0.4 is 11.2 Å². The highest BCUT2D eigenvalue weighted by atomic mass is 32.1. The summed E-state index contributed by atoms with van der Waals surface area (Å²) in [6.45, 7) is 0.748. The number of aromatic nitrogens is 2. The van der Waals surface area contributed by atoms with Gasteiger partial charge >= 0.3 is 5.69 Å². The third kappa shape index (κ3) is 4.10. The molecule has 0 spiro atoms. The summed E-state index contributed by atoms with van der Waals surface area (Å²) >= 11 is 1.75. The molecule has 0 bridgehead atoms. The Hall–Kier alpha value is -2.15. The van der Waals surface area contributed by atoms with E-state index in [0.717, 1.165) is 43.2 Å². The summed E-state index contributed by atoms with van der Waals surface area (Å²) in [6, 6.07) is 4.41. The minimum absolute atomic E-state index is 0.0278. The fraction of sp³-hybridized carbons (Fsp3) is 0.500. The van der Waals surface area contributed by atoms with E-state index >= 15 is 0 Å². The number of rotatable bonds is 5. The number of amides is 1. The van der Waals surface area contributed by atoms with E-state index in [-0.39, 0.29) is 18.4 Å². The van der Waals surface area contributed by atoms with E-state index < -0.39 is 11.2 Å². The van der Waals surface area contributed by atoms with Crippen LogP contribution in [0.15, 0.2) is 33.3 Å². The molecule has 2 aromatic heterocycles. The lowest BCUT2D eigenvalue weighted by Gasteiger charge is -2.36. The van der Waals surface area contributed by atoms with Gasteiger partial charge < -0.3 is 9.88 Å². The van der Waals surface area contributed by atoms with Gasteiger partial charge in [0.25, 0.3) is 5.56 Å². The lowest BCUT2D eigenvalue weighted by atomic mass is 9.97. The normalized spacial score (nSPS) is 17.6. The quantitative estimate of drug-likeness (QED) is 0.881. The fourth-order valence-corrected chi connectivity index (χ4v) is 4.12. The van der Waals surface area contributed by atoms with Gasteiger partial charge in [0.15, 0.2) is 0 Å². The van der Waals surface area contributed by atoms with Crippen LogP contribution in [0.5, 0.6) is 0 Å². The standard InChI is InChI=1S/C18H23N3O3S/c1-20-17(23)13(12-19-18(20)24)11-16(22)21-9-3-2-5-14(21)7-8-15-6-4-10-25-15/h4,6,10,12,14H,2-3,5,7-9,11H2,1H3,(H,19,24). The average molecular weight is 361 g/mol. The topological polar surface area (TPSA) is 75.2 Å². The second kappa shape index (κ2) is 7.82. The Morgan fingerprint density at radius 3 is 2.96 bits per heavy atom. The lowest BCUT2D eigenvalue weighted by molar-refractivity contribution is -0.134. The number of carbonyl (C=O) groups is 1. The van der Waals surface area contributed by atoms with Crippen molar-refractivity contribution in [3.8, 4) is 0 Å². The van der Waals surface area contributed by atoms with Gasteiger partial charge in [0.2, 0.25) is 5.91 Å². The van der Waals surface area contributed by atoms with Gasteiger partial charge in [-0.15, -0.1) is 11.3 Å². The van der Waals surface area contributed by atoms with Crippen molar-refractivity contribution in [3.63, 3.8) is 0 Å². The summed E-state index contributed by atoms with van der Waals surface area (Å²) in [7, 11) is 1.42. The first kappa shape index (κ1) is 17.7. The maximum atomic E-state index is 12.8. The molecule has 1 fully saturated rings. The molecule has 134 valence electrons. The Labute approximate surface area is 150 Å². The third-order valence-electron chi connectivity index (χ3n) is 4.85. The van der Waals surface area contributed by atoms with Crippen LogP contribution in [-0.2, 0) is 24.7 Å². The van der Waals surface area contributed by atoms with E-state index in [9.17, 15) is 14.4 Å². The Bertz CT molecular complexity index is 838. The number of nitrogens with zero attached hydrogens (tertiary/aromatic N) is 2. The van der Waals surface area contributed by atoms with Crippen molar-refractivity contribution < 1.29 is 4.79 Å². The van der Waals surface area contributed by atoms with Crippen LogP contribution in [0.2, 0.25) is 0 Å². The molecule has 1 aliphatic heterocycles. The van der Waals surface area contributed by atoms with E-state index in [0.29, 0.717) is 5.56 Å². The van der Waals surface area contributed by atoms with Crippen LogP contribution >= 0.6 is 11.3 Å². The van der Waals surface area contributed by atoms with E-state index in [1.54, 1.807) is 11.3 Å². The maximum Gasteiger partial charge on any atom is 0.328 e. The van der Waals surface area contributed by atoms with Gasteiger partial charge in [-0.1, -0.05) is 6.07 Å². The fourth-order valence-electron chi connectivity index (χ4n) is 3.40. The summed E-state index contributed by atoms with van der Waals surface area (Å²) in [5.41, 5.74) is -0.521. The number of nitrogens with one attached hydrogen (secondary N) is 1. The smallest absolute Gasteiger partial charge is 0.328 e. The molecule has 2 aromatic rings. The van der Waals surface area contributed by atoms with Gasteiger partial charge in [-0.05, 0) is 43.6 Å². The highest BCUT2D eigenvalue weighted by Gasteiger charge is 2.27. The van der Waals surface area contributed by atoms with Crippen LogP contribution in [-0.4, -0.2) is 32.9 Å². The van der Waals surface area contributed by atoms with Gasteiger partial charge in [-0.3, -0.25) is 14.2 Å². The van der Waals surface area contributed by atoms with Crippen molar-refractivity contribution in [1.82, 2.24) is 14.5 Å². The number of thiophene rings is 1. The second-order valence-electron chi connectivity index (χ2n) is 6.51. The summed E-state index contributed by atoms with van der Waals surface area (Å²) in [5.74, 6) is -0.0278. The number of hydrogen-bond acceptors (Lipinski definition) is 4. The highest BCUT2D eigenvalue weighted by molar-refractivity contribution is 7.09. The van der Waals surface area contributed by atoms with E-state index in [1.165, 1.54) is 18.1 Å². The van der Waals surface area contributed by atoms with E-state index in [2.05, 4.69) is 22.5 Å². The molecule has 1 saturated heterocycles. The van der Waals surface area contributed by atoms with Crippen molar-refractivity contribution in [2.24, 2.45) is 7.05 Å². The Morgan fingerprint density at radius 1 is 1.36 bits per heavy atom. The number of H-pyrrole nitrogens is 1. The van der Waals surface area contributed by atoms with Gasteiger partial charge in [-0.2, -0.15) is 0 Å². The van der Waals surface area contributed by atoms with Crippen LogP contribution in [0.4, 0.5) is 0 Å². The molecule has 0 aliphatic carbocycles. The van der Waals surface area contributed by atoms with Crippen LogP contribution in [0.3, 0.4) is 0 Å². The minimum atomic E-state index is -0.465. The van der Waals surface area contributed by atoms with Gasteiger partial charge in [0, 0.05) is 36.3 Å². The molecule has 6 nitrogen and oxygen atoms in total. The van der Waals surface area contributed by atoms with Crippen molar-refractivity contribution in [2.45, 2.75) is 44.6 Å². The molecule has 7 heteroatoms. The first-order valence-electron chi connectivity index (χ1n) is 8.65. The Balaban J connectivity index is 1.69. The summed E-state index contributed by atoms with van der Waals surface area (Å²) in [4.78, 5) is 42.1. The molecule has 0 radical (unpaired) electrons. The molecule has 1 aliphatic rings. The molecule has 25 heavy (non-hydrogen) atoms. The number of hydrogen-bond donors (Lipinski definition) is 1. The zero-order valence-corrected chi connectivity index (χ0v) is 15.2. The second-order valence-corrected chi connectivity index (χ2v) is 7.55. The zero-order valence-electron chi connectivity index (χ0n) is 14.4. The number of piperidine rings is 1. The van der Waals surface area contributed by atoms with Gasteiger partial charge in [0.1, 0.15) is 0 Å². The molecule has 0 aromatic carbocycles. The molecule has 1 atom stereocenters.